The monoisotopic (exact) mass is 365 g/mol. The van der Waals surface area contributed by atoms with Gasteiger partial charge >= 0.3 is 0 Å². The SMILES string of the molecule is CCn1c(SCc2cc(Cl)nc(Cl)c2)nc2ccccc2c1=O. The first-order valence-corrected chi connectivity index (χ1v) is 8.77. The molecule has 118 valence electrons. The van der Waals surface area contributed by atoms with E-state index in [2.05, 4.69) is 9.97 Å². The van der Waals surface area contributed by atoms with E-state index in [1.54, 1.807) is 22.8 Å². The number of para-hydroxylation sites is 1. The third-order valence-corrected chi connectivity index (χ3v) is 4.77. The summed E-state index contributed by atoms with van der Waals surface area (Å²) in [6.07, 6.45) is 0. The first-order valence-electron chi connectivity index (χ1n) is 7.03. The number of thioether (sulfide) groups is 1. The van der Waals surface area contributed by atoms with Gasteiger partial charge in [-0.3, -0.25) is 9.36 Å². The maximum absolute atomic E-state index is 12.6. The van der Waals surface area contributed by atoms with E-state index in [4.69, 9.17) is 23.2 Å². The van der Waals surface area contributed by atoms with Crippen molar-refractivity contribution in [3.8, 4) is 0 Å². The quantitative estimate of drug-likeness (QED) is 0.390. The molecule has 0 aliphatic rings. The molecule has 0 N–H and O–H groups in total. The highest BCUT2D eigenvalue weighted by Crippen LogP contribution is 2.24. The lowest BCUT2D eigenvalue weighted by Gasteiger charge is -2.11. The van der Waals surface area contributed by atoms with Crippen LogP contribution in [0.1, 0.15) is 12.5 Å². The molecule has 0 fully saturated rings. The van der Waals surface area contributed by atoms with Crippen LogP contribution >= 0.6 is 35.0 Å². The summed E-state index contributed by atoms with van der Waals surface area (Å²) < 4.78 is 1.68. The molecule has 0 spiro atoms. The maximum atomic E-state index is 12.6. The molecule has 2 heterocycles. The molecule has 0 unspecified atom stereocenters. The van der Waals surface area contributed by atoms with E-state index in [1.807, 2.05) is 25.1 Å². The highest BCUT2D eigenvalue weighted by Gasteiger charge is 2.10. The van der Waals surface area contributed by atoms with E-state index >= 15 is 0 Å². The highest BCUT2D eigenvalue weighted by atomic mass is 35.5. The Bertz CT molecular complexity index is 907. The number of aromatic nitrogens is 3. The molecular weight excluding hydrogens is 353 g/mol. The number of fused-ring (bicyclic) bond motifs is 1. The van der Waals surface area contributed by atoms with Gasteiger partial charge in [0.15, 0.2) is 5.16 Å². The Morgan fingerprint density at radius 1 is 1.13 bits per heavy atom. The van der Waals surface area contributed by atoms with E-state index in [-0.39, 0.29) is 5.56 Å². The molecule has 3 aromatic rings. The van der Waals surface area contributed by atoms with Crippen molar-refractivity contribution in [2.45, 2.75) is 24.4 Å². The van der Waals surface area contributed by atoms with Gasteiger partial charge in [0, 0.05) is 12.3 Å². The largest absolute Gasteiger partial charge is 0.287 e. The fourth-order valence-corrected chi connectivity index (χ4v) is 3.78. The Balaban J connectivity index is 1.97. The lowest BCUT2D eigenvalue weighted by atomic mass is 10.2. The molecule has 23 heavy (non-hydrogen) atoms. The van der Waals surface area contributed by atoms with Crippen LogP contribution in [0.3, 0.4) is 0 Å². The minimum Gasteiger partial charge on any atom is -0.287 e. The summed E-state index contributed by atoms with van der Waals surface area (Å²) in [4.78, 5) is 21.1. The van der Waals surface area contributed by atoms with Crippen molar-refractivity contribution in [2.24, 2.45) is 0 Å². The second-order valence-electron chi connectivity index (χ2n) is 4.87. The topological polar surface area (TPSA) is 47.8 Å². The second-order valence-corrected chi connectivity index (χ2v) is 6.59. The number of hydrogen-bond acceptors (Lipinski definition) is 4. The molecule has 3 rings (SSSR count). The molecule has 4 nitrogen and oxygen atoms in total. The summed E-state index contributed by atoms with van der Waals surface area (Å²) >= 11 is 13.3. The summed E-state index contributed by atoms with van der Waals surface area (Å²) in [6, 6.07) is 10.9. The number of nitrogens with zero attached hydrogens (tertiary/aromatic N) is 3. The van der Waals surface area contributed by atoms with Crippen LogP contribution in [0, 0.1) is 0 Å². The molecule has 0 amide bonds. The minimum atomic E-state index is -0.0219. The van der Waals surface area contributed by atoms with E-state index in [0.717, 1.165) is 5.56 Å². The lowest BCUT2D eigenvalue weighted by molar-refractivity contribution is 0.634. The average molecular weight is 366 g/mol. The Kier molecular flexibility index (Phi) is 4.90. The van der Waals surface area contributed by atoms with Crippen molar-refractivity contribution in [1.82, 2.24) is 14.5 Å². The predicted molar refractivity (Wildman–Crippen MR) is 95.5 cm³/mol. The molecule has 0 bridgehead atoms. The van der Waals surface area contributed by atoms with Crippen LogP contribution in [0.25, 0.3) is 10.9 Å². The summed E-state index contributed by atoms with van der Waals surface area (Å²) in [6.45, 7) is 2.50. The first-order chi connectivity index (χ1) is 11.1. The zero-order valence-corrected chi connectivity index (χ0v) is 14.6. The van der Waals surface area contributed by atoms with Crippen LogP contribution in [0.15, 0.2) is 46.3 Å². The summed E-state index contributed by atoms with van der Waals surface area (Å²) in [5, 5.41) is 2.02. The van der Waals surface area contributed by atoms with Crippen LogP contribution in [0.5, 0.6) is 0 Å². The van der Waals surface area contributed by atoms with Crippen molar-refractivity contribution in [2.75, 3.05) is 0 Å². The number of hydrogen-bond donors (Lipinski definition) is 0. The lowest BCUT2D eigenvalue weighted by Crippen LogP contribution is -2.22. The van der Waals surface area contributed by atoms with Gasteiger partial charge < -0.3 is 0 Å². The zero-order valence-electron chi connectivity index (χ0n) is 12.3. The van der Waals surface area contributed by atoms with E-state index in [9.17, 15) is 4.79 Å². The van der Waals surface area contributed by atoms with Crippen LogP contribution < -0.4 is 5.56 Å². The van der Waals surface area contributed by atoms with E-state index < -0.39 is 0 Å². The van der Waals surface area contributed by atoms with Crippen LogP contribution in [-0.2, 0) is 12.3 Å². The van der Waals surface area contributed by atoms with Gasteiger partial charge in [0.2, 0.25) is 0 Å². The molecule has 0 saturated heterocycles. The smallest absolute Gasteiger partial charge is 0.262 e. The molecule has 7 heteroatoms. The molecule has 0 aliphatic carbocycles. The molecule has 0 saturated carbocycles. The Morgan fingerprint density at radius 2 is 1.83 bits per heavy atom. The summed E-state index contributed by atoms with van der Waals surface area (Å²) in [5.41, 5.74) is 1.62. The number of halogens is 2. The molecule has 0 radical (unpaired) electrons. The van der Waals surface area contributed by atoms with Gasteiger partial charge in [-0.15, -0.1) is 0 Å². The van der Waals surface area contributed by atoms with Gasteiger partial charge in [0.1, 0.15) is 10.3 Å². The average Bonchev–Trinajstić information content (AvgIpc) is 2.52. The van der Waals surface area contributed by atoms with Crippen LogP contribution in [-0.4, -0.2) is 14.5 Å². The number of benzene rings is 1. The van der Waals surface area contributed by atoms with Gasteiger partial charge in [-0.1, -0.05) is 47.1 Å². The third-order valence-electron chi connectivity index (χ3n) is 3.33. The minimum absolute atomic E-state index is 0.0219. The fourth-order valence-electron chi connectivity index (χ4n) is 2.28. The van der Waals surface area contributed by atoms with Gasteiger partial charge in [-0.2, -0.15) is 0 Å². The van der Waals surface area contributed by atoms with Crippen molar-refractivity contribution >= 4 is 45.9 Å². The van der Waals surface area contributed by atoms with Crippen molar-refractivity contribution in [3.63, 3.8) is 0 Å². The third kappa shape index (κ3) is 3.52. The van der Waals surface area contributed by atoms with Crippen LogP contribution in [0.2, 0.25) is 10.3 Å². The second kappa shape index (κ2) is 6.91. The first kappa shape index (κ1) is 16.3. The predicted octanol–water partition coefficient (Wildman–Crippen LogP) is 4.41. The summed E-state index contributed by atoms with van der Waals surface area (Å²) in [5.74, 6) is 0.604. The van der Waals surface area contributed by atoms with Crippen molar-refractivity contribution < 1.29 is 0 Å². The Labute approximate surface area is 147 Å². The van der Waals surface area contributed by atoms with Crippen molar-refractivity contribution in [3.05, 3.63) is 62.6 Å². The molecular formula is C16H13Cl2N3OS. The molecule has 2 aromatic heterocycles. The summed E-state index contributed by atoms with van der Waals surface area (Å²) in [7, 11) is 0. The van der Waals surface area contributed by atoms with E-state index in [1.165, 1.54) is 11.8 Å². The normalized spacial score (nSPS) is 11.1. The standard InChI is InChI=1S/C16H13Cl2N3OS/c1-2-21-15(22)11-5-3-4-6-12(11)19-16(21)23-9-10-7-13(17)20-14(18)8-10/h3-8H,2,9H2,1H3. The molecule has 1 aromatic carbocycles. The van der Waals surface area contributed by atoms with Gasteiger partial charge in [-0.25, -0.2) is 9.97 Å². The molecule has 0 atom stereocenters. The molecule has 0 aliphatic heterocycles. The zero-order chi connectivity index (χ0) is 16.4. The van der Waals surface area contributed by atoms with E-state index in [0.29, 0.717) is 38.7 Å². The maximum Gasteiger partial charge on any atom is 0.262 e. The Hall–Kier alpha value is -1.56. The number of rotatable bonds is 4. The van der Waals surface area contributed by atoms with Crippen LogP contribution in [0.4, 0.5) is 0 Å². The fraction of sp³-hybridized carbons (Fsp3) is 0.188. The Morgan fingerprint density at radius 3 is 2.52 bits per heavy atom. The number of pyridine rings is 1. The highest BCUT2D eigenvalue weighted by molar-refractivity contribution is 7.98. The van der Waals surface area contributed by atoms with Gasteiger partial charge in [0.25, 0.3) is 5.56 Å². The van der Waals surface area contributed by atoms with Gasteiger partial charge in [0.05, 0.1) is 10.9 Å². The van der Waals surface area contributed by atoms with Crippen molar-refractivity contribution in [1.29, 1.82) is 0 Å². The van der Waals surface area contributed by atoms with Gasteiger partial charge in [-0.05, 0) is 36.8 Å².